The summed E-state index contributed by atoms with van der Waals surface area (Å²) in [5, 5.41) is 9.47. The zero-order valence-corrected chi connectivity index (χ0v) is 13.7. The maximum absolute atomic E-state index is 9.47. The number of aryl methyl sites for hydroxylation is 1. The zero-order chi connectivity index (χ0) is 16.8. The third kappa shape index (κ3) is 3.80. The Kier molecular flexibility index (Phi) is 4.88. The Balaban J connectivity index is 1.98. The number of benzene rings is 2. The Morgan fingerprint density at radius 2 is 1.46 bits per heavy atom. The molecular weight excluding hydrogens is 294 g/mol. The van der Waals surface area contributed by atoms with Gasteiger partial charge in [-0.05, 0) is 24.1 Å². The lowest BCUT2D eigenvalue weighted by molar-refractivity contribution is 0.796. The van der Waals surface area contributed by atoms with Gasteiger partial charge >= 0.3 is 0 Å². The van der Waals surface area contributed by atoms with Gasteiger partial charge in [-0.25, -0.2) is 0 Å². The molecule has 0 atom stereocenters. The van der Waals surface area contributed by atoms with Crippen molar-refractivity contribution >= 4 is 5.69 Å². The minimum Gasteiger partial charge on any atom is -0.362 e. The van der Waals surface area contributed by atoms with E-state index in [1.165, 1.54) is 11.1 Å². The second-order valence-corrected chi connectivity index (χ2v) is 5.78. The molecule has 3 aromatic rings. The SMILES string of the molecule is Cc1cc(N(Cc2ccccc2)Cc2ccccc2)c(C#N)cn1. The number of hydrogen-bond donors (Lipinski definition) is 0. The number of hydrogen-bond acceptors (Lipinski definition) is 3. The molecule has 0 aliphatic rings. The van der Waals surface area contributed by atoms with Crippen LogP contribution in [0.15, 0.2) is 72.9 Å². The molecule has 0 unspecified atom stereocenters. The predicted octanol–water partition coefficient (Wildman–Crippen LogP) is 4.47. The minimum atomic E-state index is 0.604. The van der Waals surface area contributed by atoms with Gasteiger partial charge in [-0.1, -0.05) is 60.7 Å². The first-order valence-electron chi connectivity index (χ1n) is 7.96. The van der Waals surface area contributed by atoms with Gasteiger partial charge in [0.15, 0.2) is 0 Å². The Morgan fingerprint density at radius 3 is 1.96 bits per heavy atom. The molecule has 3 nitrogen and oxygen atoms in total. The molecule has 0 fully saturated rings. The van der Waals surface area contributed by atoms with Crippen LogP contribution in [0.1, 0.15) is 22.4 Å². The van der Waals surface area contributed by atoms with Crippen LogP contribution in [0, 0.1) is 18.3 Å². The van der Waals surface area contributed by atoms with E-state index in [2.05, 4.69) is 40.2 Å². The largest absolute Gasteiger partial charge is 0.362 e. The van der Waals surface area contributed by atoms with Gasteiger partial charge in [0, 0.05) is 25.0 Å². The summed E-state index contributed by atoms with van der Waals surface area (Å²) in [7, 11) is 0. The monoisotopic (exact) mass is 313 g/mol. The van der Waals surface area contributed by atoms with Crippen molar-refractivity contribution in [2.24, 2.45) is 0 Å². The highest BCUT2D eigenvalue weighted by Gasteiger charge is 2.13. The van der Waals surface area contributed by atoms with Crippen LogP contribution in [0.4, 0.5) is 5.69 Å². The second-order valence-electron chi connectivity index (χ2n) is 5.78. The summed E-state index contributed by atoms with van der Waals surface area (Å²) in [6.45, 7) is 3.44. The molecule has 3 rings (SSSR count). The number of nitrogens with zero attached hydrogens (tertiary/aromatic N) is 3. The van der Waals surface area contributed by atoms with Crippen molar-refractivity contribution in [3.63, 3.8) is 0 Å². The quantitative estimate of drug-likeness (QED) is 0.698. The van der Waals surface area contributed by atoms with Crippen molar-refractivity contribution < 1.29 is 0 Å². The predicted molar refractivity (Wildman–Crippen MR) is 96.5 cm³/mol. The van der Waals surface area contributed by atoms with Gasteiger partial charge in [0.25, 0.3) is 0 Å². The van der Waals surface area contributed by atoms with E-state index >= 15 is 0 Å². The maximum atomic E-state index is 9.47. The Hall–Kier alpha value is -3.12. The van der Waals surface area contributed by atoms with Crippen LogP contribution in [0.2, 0.25) is 0 Å². The molecule has 0 aliphatic carbocycles. The van der Waals surface area contributed by atoms with Crippen molar-refractivity contribution in [1.29, 1.82) is 5.26 Å². The van der Waals surface area contributed by atoms with Crippen LogP contribution in [-0.2, 0) is 13.1 Å². The van der Waals surface area contributed by atoms with Crippen molar-refractivity contribution in [2.75, 3.05) is 4.90 Å². The molecule has 0 N–H and O–H groups in total. The van der Waals surface area contributed by atoms with E-state index in [1.54, 1.807) is 6.20 Å². The van der Waals surface area contributed by atoms with E-state index in [0.717, 1.165) is 24.5 Å². The van der Waals surface area contributed by atoms with Crippen LogP contribution < -0.4 is 4.90 Å². The molecule has 0 saturated carbocycles. The summed E-state index contributed by atoms with van der Waals surface area (Å²) in [6.07, 6.45) is 1.66. The fourth-order valence-electron chi connectivity index (χ4n) is 2.73. The first-order chi connectivity index (χ1) is 11.8. The molecule has 0 bridgehead atoms. The van der Waals surface area contributed by atoms with E-state index in [0.29, 0.717) is 5.56 Å². The maximum Gasteiger partial charge on any atom is 0.103 e. The van der Waals surface area contributed by atoms with Gasteiger partial charge in [0.1, 0.15) is 6.07 Å². The first kappa shape index (κ1) is 15.8. The molecule has 118 valence electrons. The number of anilines is 1. The Morgan fingerprint density at radius 1 is 0.917 bits per heavy atom. The number of nitriles is 1. The van der Waals surface area contributed by atoms with Crippen LogP contribution in [-0.4, -0.2) is 4.98 Å². The molecule has 0 spiro atoms. The van der Waals surface area contributed by atoms with Crippen LogP contribution in [0.3, 0.4) is 0 Å². The standard InChI is InChI=1S/C21H19N3/c1-17-12-21(20(13-22)14-23-17)24(15-18-8-4-2-5-9-18)16-19-10-6-3-7-11-19/h2-12,14H,15-16H2,1H3. The van der Waals surface area contributed by atoms with Crippen molar-refractivity contribution in [2.45, 2.75) is 20.0 Å². The van der Waals surface area contributed by atoms with Crippen LogP contribution in [0.25, 0.3) is 0 Å². The second kappa shape index (κ2) is 7.43. The molecule has 0 saturated heterocycles. The highest BCUT2D eigenvalue weighted by Crippen LogP contribution is 2.24. The van der Waals surface area contributed by atoms with Gasteiger partial charge in [-0.3, -0.25) is 4.98 Å². The Labute approximate surface area is 142 Å². The summed E-state index contributed by atoms with van der Waals surface area (Å²) < 4.78 is 0. The molecule has 24 heavy (non-hydrogen) atoms. The Bertz CT molecular complexity index is 794. The van der Waals surface area contributed by atoms with E-state index in [1.807, 2.05) is 49.4 Å². The highest BCUT2D eigenvalue weighted by molar-refractivity contribution is 5.59. The fourth-order valence-corrected chi connectivity index (χ4v) is 2.73. The van der Waals surface area contributed by atoms with E-state index in [9.17, 15) is 5.26 Å². The smallest absolute Gasteiger partial charge is 0.103 e. The van der Waals surface area contributed by atoms with Gasteiger partial charge in [-0.15, -0.1) is 0 Å². The third-order valence-electron chi connectivity index (χ3n) is 3.91. The molecule has 1 aromatic heterocycles. The summed E-state index contributed by atoms with van der Waals surface area (Å²) >= 11 is 0. The fraction of sp³-hybridized carbons (Fsp3) is 0.143. The van der Waals surface area contributed by atoms with E-state index in [4.69, 9.17) is 0 Å². The van der Waals surface area contributed by atoms with Gasteiger partial charge in [0.2, 0.25) is 0 Å². The van der Waals surface area contributed by atoms with Crippen LogP contribution >= 0.6 is 0 Å². The molecule has 0 radical (unpaired) electrons. The van der Waals surface area contributed by atoms with Crippen molar-refractivity contribution in [1.82, 2.24) is 4.98 Å². The lowest BCUT2D eigenvalue weighted by Crippen LogP contribution is -2.23. The average molecular weight is 313 g/mol. The zero-order valence-electron chi connectivity index (χ0n) is 13.7. The van der Waals surface area contributed by atoms with E-state index in [-0.39, 0.29) is 0 Å². The summed E-state index contributed by atoms with van der Waals surface area (Å²) in [5.74, 6) is 0. The van der Waals surface area contributed by atoms with Gasteiger partial charge < -0.3 is 4.90 Å². The number of pyridine rings is 1. The van der Waals surface area contributed by atoms with Gasteiger partial charge in [0.05, 0.1) is 11.3 Å². The summed E-state index contributed by atoms with van der Waals surface area (Å²) in [5.41, 5.74) is 4.87. The summed E-state index contributed by atoms with van der Waals surface area (Å²) in [4.78, 5) is 6.49. The number of rotatable bonds is 5. The van der Waals surface area contributed by atoms with E-state index < -0.39 is 0 Å². The lowest BCUT2D eigenvalue weighted by atomic mass is 10.1. The normalized spacial score (nSPS) is 10.2. The molecule has 0 amide bonds. The number of aromatic nitrogens is 1. The topological polar surface area (TPSA) is 39.9 Å². The highest BCUT2D eigenvalue weighted by atomic mass is 15.1. The van der Waals surface area contributed by atoms with Crippen molar-refractivity contribution in [3.8, 4) is 6.07 Å². The van der Waals surface area contributed by atoms with Crippen molar-refractivity contribution in [3.05, 3.63) is 95.3 Å². The van der Waals surface area contributed by atoms with Gasteiger partial charge in [-0.2, -0.15) is 5.26 Å². The molecule has 3 heteroatoms. The summed E-state index contributed by atoms with van der Waals surface area (Å²) in [6, 6.07) is 24.9. The first-order valence-corrected chi connectivity index (χ1v) is 7.96. The third-order valence-corrected chi connectivity index (χ3v) is 3.91. The molecule has 0 aliphatic heterocycles. The lowest BCUT2D eigenvalue weighted by Gasteiger charge is -2.26. The molecular formula is C21H19N3. The minimum absolute atomic E-state index is 0.604. The molecule has 1 heterocycles. The average Bonchev–Trinajstić information content (AvgIpc) is 2.63. The van der Waals surface area contributed by atoms with Crippen LogP contribution in [0.5, 0.6) is 0 Å². The molecule has 2 aromatic carbocycles.